The Kier molecular flexibility index (Phi) is 4.32. The number of nitrogens with zero attached hydrogens (tertiary/aromatic N) is 2. The summed E-state index contributed by atoms with van der Waals surface area (Å²) in [5.74, 6) is 0. The summed E-state index contributed by atoms with van der Waals surface area (Å²) in [5, 5.41) is 6.91. The molecule has 3 nitrogen and oxygen atoms in total. The SMILES string of the molecule is CCCC1CN(C(C)c2nccs2)CCN1. The van der Waals surface area contributed by atoms with Gasteiger partial charge in [0.05, 0.1) is 6.04 Å². The molecule has 0 spiro atoms. The smallest absolute Gasteiger partial charge is 0.109 e. The second-order valence-corrected chi connectivity index (χ2v) is 5.41. The van der Waals surface area contributed by atoms with Crippen LogP contribution in [0.15, 0.2) is 11.6 Å². The molecule has 2 unspecified atom stereocenters. The standard InChI is InChI=1S/C12H21N3S/c1-3-4-11-9-15(7-5-13-11)10(2)12-14-6-8-16-12/h6,8,10-11,13H,3-5,7,9H2,1-2H3. The number of hydrogen-bond acceptors (Lipinski definition) is 4. The minimum Gasteiger partial charge on any atom is -0.311 e. The number of thiazole rings is 1. The second-order valence-electron chi connectivity index (χ2n) is 4.48. The fourth-order valence-corrected chi connectivity index (χ4v) is 3.07. The fourth-order valence-electron chi connectivity index (χ4n) is 2.34. The van der Waals surface area contributed by atoms with Gasteiger partial charge >= 0.3 is 0 Å². The summed E-state index contributed by atoms with van der Waals surface area (Å²) < 4.78 is 0. The minimum atomic E-state index is 0.474. The van der Waals surface area contributed by atoms with Crippen LogP contribution in [-0.2, 0) is 0 Å². The van der Waals surface area contributed by atoms with Gasteiger partial charge < -0.3 is 5.32 Å². The molecule has 0 aliphatic carbocycles. The zero-order chi connectivity index (χ0) is 11.4. The van der Waals surface area contributed by atoms with Gasteiger partial charge in [0.25, 0.3) is 0 Å². The van der Waals surface area contributed by atoms with E-state index in [0.717, 1.165) is 19.6 Å². The molecule has 1 aliphatic rings. The van der Waals surface area contributed by atoms with Crippen molar-refractivity contribution in [1.82, 2.24) is 15.2 Å². The zero-order valence-corrected chi connectivity index (χ0v) is 11.0. The van der Waals surface area contributed by atoms with Crippen molar-refractivity contribution in [3.05, 3.63) is 16.6 Å². The van der Waals surface area contributed by atoms with Crippen LogP contribution in [0.4, 0.5) is 0 Å². The molecule has 0 radical (unpaired) electrons. The monoisotopic (exact) mass is 239 g/mol. The van der Waals surface area contributed by atoms with Crippen molar-refractivity contribution in [2.75, 3.05) is 19.6 Å². The Bertz CT molecular complexity index is 297. The van der Waals surface area contributed by atoms with Gasteiger partial charge in [-0.2, -0.15) is 0 Å². The molecule has 2 heterocycles. The Morgan fingerprint density at radius 3 is 3.25 bits per heavy atom. The Labute approximate surface area is 102 Å². The number of nitrogens with one attached hydrogen (secondary N) is 1. The van der Waals surface area contributed by atoms with Crippen LogP contribution >= 0.6 is 11.3 Å². The topological polar surface area (TPSA) is 28.2 Å². The lowest BCUT2D eigenvalue weighted by molar-refractivity contribution is 0.149. The Morgan fingerprint density at radius 1 is 1.69 bits per heavy atom. The maximum absolute atomic E-state index is 4.42. The number of piperazine rings is 1. The highest BCUT2D eigenvalue weighted by Crippen LogP contribution is 2.23. The van der Waals surface area contributed by atoms with Gasteiger partial charge in [0.15, 0.2) is 0 Å². The van der Waals surface area contributed by atoms with Crippen molar-refractivity contribution in [2.24, 2.45) is 0 Å². The van der Waals surface area contributed by atoms with Gasteiger partial charge in [0.2, 0.25) is 0 Å². The largest absolute Gasteiger partial charge is 0.311 e. The van der Waals surface area contributed by atoms with E-state index in [1.807, 2.05) is 6.20 Å². The lowest BCUT2D eigenvalue weighted by Crippen LogP contribution is -2.51. The number of aromatic nitrogens is 1. The Balaban J connectivity index is 1.93. The Hall–Kier alpha value is -0.450. The van der Waals surface area contributed by atoms with Gasteiger partial charge in [-0.1, -0.05) is 13.3 Å². The minimum absolute atomic E-state index is 0.474. The third kappa shape index (κ3) is 2.81. The first kappa shape index (κ1) is 12.0. The van der Waals surface area contributed by atoms with E-state index in [-0.39, 0.29) is 0 Å². The zero-order valence-electron chi connectivity index (χ0n) is 10.1. The second kappa shape index (κ2) is 5.75. The first-order chi connectivity index (χ1) is 7.81. The van der Waals surface area contributed by atoms with Crippen LogP contribution in [0, 0.1) is 0 Å². The van der Waals surface area contributed by atoms with Crippen molar-refractivity contribution < 1.29 is 0 Å². The average Bonchev–Trinajstić information content (AvgIpc) is 2.82. The van der Waals surface area contributed by atoms with E-state index in [1.165, 1.54) is 17.8 Å². The van der Waals surface area contributed by atoms with Gasteiger partial charge in [-0.05, 0) is 13.3 Å². The van der Waals surface area contributed by atoms with E-state index in [1.54, 1.807) is 11.3 Å². The van der Waals surface area contributed by atoms with Crippen molar-refractivity contribution in [3.63, 3.8) is 0 Å². The van der Waals surface area contributed by atoms with Crippen LogP contribution in [-0.4, -0.2) is 35.6 Å². The Morgan fingerprint density at radius 2 is 2.56 bits per heavy atom. The third-order valence-corrected chi connectivity index (χ3v) is 4.23. The summed E-state index contributed by atoms with van der Waals surface area (Å²) in [5.41, 5.74) is 0. The van der Waals surface area contributed by atoms with E-state index >= 15 is 0 Å². The summed E-state index contributed by atoms with van der Waals surface area (Å²) in [6.45, 7) is 7.94. The summed E-state index contributed by atoms with van der Waals surface area (Å²) in [7, 11) is 0. The molecule has 2 rings (SSSR count). The summed E-state index contributed by atoms with van der Waals surface area (Å²) >= 11 is 1.77. The molecular weight excluding hydrogens is 218 g/mol. The van der Waals surface area contributed by atoms with Crippen molar-refractivity contribution in [1.29, 1.82) is 0 Å². The highest BCUT2D eigenvalue weighted by Gasteiger charge is 2.24. The molecule has 0 aromatic carbocycles. The molecular formula is C12H21N3S. The average molecular weight is 239 g/mol. The molecule has 16 heavy (non-hydrogen) atoms. The highest BCUT2D eigenvalue weighted by atomic mass is 32.1. The van der Waals surface area contributed by atoms with Crippen LogP contribution in [0.25, 0.3) is 0 Å². The van der Waals surface area contributed by atoms with E-state index in [9.17, 15) is 0 Å². The molecule has 1 aromatic rings. The lowest BCUT2D eigenvalue weighted by Gasteiger charge is -2.36. The van der Waals surface area contributed by atoms with Gasteiger partial charge in [0, 0.05) is 37.3 Å². The predicted octanol–water partition coefficient (Wildman–Crippen LogP) is 2.28. The van der Waals surface area contributed by atoms with Gasteiger partial charge in [-0.3, -0.25) is 4.90 Å². The number of rotatable bonds is 4. The van der Waals surface area contributed by atoms with Crippen LogP contribution in [0.1, 0.15) is 37.7 Å². The molecule has 1 saturated heterocycles. The predicted molar refractivity (Wildman–Crippen MR) is 68.8 cm³/mol. The lowest BCUT2D eigenvalue weighted by atomic mass is 10.1. The first-order valence-corrected chi connectivity index (χ1v) is 7.06. The molecule has 2 atom stereocenters. The summed E-state index contributed by atoms with van der Waals surface area (Å²) in [6, 6.07) is 1.14. The normalized spacial score (nSPS) is 24.5. The third-order valence-electron chi connectivity index (χ3n) is 3.28. The molecule has 1 aliphatic heterocycles. The molecule has 1 fully saturated rings. The van der Waals surface area contributed by atoms with Gasteiger partial charge in [0.1, 0.15) is 5.01 Å². The maximum atomic E-state index is 4.42. The van der Waals surface area contributed by atoms with E-state index < -0.39 is 0 Å². The van der Waals surface area contributed by atoms with Crippen molar-refractivity contribution >= 4 is 11.3 Å². The van der Waals surface area contributed by atoms with Crippen molar-refractivity contribution in [2.45, 2.75) is 38.8 Å². The highest BCUT2D eigenvalue weighted by molar-refractivity contribution is 7.09. The van der Waals surface area contributed by atoms with Crippen LogP contribution in [0.3, 0.4) is 0 Å². The maximum Gasteiger partial charge on any atom is 0.109 e. The fraction of sp³-hybridized carbons (Fsp3) is 0.750. The quantitative estimate of drug-likeness (QED) is 0.873. The van der Waals surface area contributed by atoms with E-state index in [4.69, 9.17) is 0 Å². The molecule has 0 saturated carbocycles. The van der Waals surface area contributed by atoms with Gasteiger partial charge in [-0.15, -0.1) is 11.3 Å². The number of hydrogen-bond donors (Lipinski definition) is 1. The van der Waals surface area contributed by atoms with E-state index in [0.29, 0.717) is 12.1 Å². The summed E-state index contributed by atoms with van der Waals surface area (Å²) in [6.07, 6.45) is 4.44. The van der Waals surface area contributed by atoms with Crippen LogP contribution in [0.2, 0.25) is 0 Å². The van der Waals surface area contributed by atoms with Crippen LogP contribution < -0.4 is 5.32 Å². The molecule has 0 bridgehead atoms. The molecule has 4 heteroatoms. The molecule has 1 aromatic heterocycles. The summed E-state index contributed by atoms with van der Waals surface area (Å²) in [4.78, 5) is 6.97. The van der Waals surface area contributed by atoms with Gasteiger partial charge in [-0.25, -0.2) is 4.98 Å². The molecule has 90 valence electrons. The van der Waals surface area contributed by atoms with E-state index in [2.05, 4.69) is 34.4 Å². The van der Waals surface area contributed by atoms with Crippen LogP contribution in [0.5, 0.6) is 0 Å². The molecule has 1 N–H and O–H groups in total. The first-order valence-electron chi connectivity index (χ1n) is 6.18. The van der Waals surface area contributed by atoms with Crippen molar-refractivity contribution in [3.8, 4) is 0 Å². The molecule has 0 amide bonds.